The van der Waals surface area contributed by atoms with E-state index in [9.17, 15) is 18.9 Å². The number of nitro groups is 1. The second kappa shape index (κ2) is 4.59. The van der Waals surface area contributed by atoms with Crippen LogP contribution in [-0.4, -0.2) is 9.91 Å². The first-order valence-electron chi connectivity index (χ1n) is 4.07. The van der Waals surface area contributed by atoms with Gasteiger partial charge in [-0.2, -0.15) is 5.26 Å². The van der Waals surface area contributed by atoms with Gasteiger partial charge in [0.25, 0.3) is 12.1 Å². The van der Waals surface area contributed by atoms with Crippen molar-refractivity contribution in [3.63, 3.8) is 0 Å². The summed E-state index contributed by atoms with van der Waals surface area (Å²) in [5, 5.41) is 19.1. The van der Waals surface area contributed by atoms with Crippen LogP contribution >= 0.6 is 0 Å². The first kappa shape index (κ1) is 11.9. The number of hydrogen-bond donors (Lipinski definition) is 1. The van der Waals surface area contributed by atoms with Gasteiger partial charge in [-0.3, -0.25) is 0 Å². The lowest BCUT2D eigenvalue weighted by atomic mass is 10.1. The zero-order valence-electron chi connectivity index (χ0n) is 7.85. The molecule has 84 valence electrons. The minimum atomic E-state index is -2.94. The van der Waals surface area contributed by atoms with Crippen LogP contribution in [0.5, 0.6) is 0 Å². The van der Waals surface area contributed by atoms with Crippen molar-refractivity contribution < 1.29 is 13.7 Å². The second-order valence-corrected chi connectivity index (χ2v) is 2.77. The predicted molar refractivity (Wildman–Crippen MR) is 48.5 cm³/mol. The summed E-state index contributed by atoms with van der Waals surface area (Å²) < 4.78 is 25.1. The average Bonchev–Trinajstić information content (AvgIpc) is 2.26. The minimum Gasteiger partial charge on any atom is -0.358 e. The summed E-state index contributed by atoms with van der Waals surface area (Å²) in [5.74, 6) is -0.795. The molecule has 0 saturated heterocycles. The molecule has 0 unspecified atom stereocenters. The molecule has 1 rings (SSSR count). The number of alkyl halides is 2. The van der Waals surface area contributed by atoms with Crippen molar-refractivity contribution in [3.8, 4) is 6.07 Å². The van der Waals surface area contributed by atoms with Gasteiger partial charge in [0.1, 0.15) is 6.07 Å². The standard InChI is InChI=1S/C8H6F2N4O2/c9-7(10)5-1-4(2-11)13-8(14(15)16)6(5)3-12/h1,7H,3,12H2. The molecule has 0 fully saturated rings. The van der Waals surface area contributed by atoms with Crippen molar-refractivity contribution in [3.05, 3.63) is 33.0 Å². The predicted octanol–water partition coefficient (Wildman–Crippen LogP) is 1.26. The van der Waals surface area contributed by atoms with Crippen LogP contribution in [0.3, 0.4) is 0 Å². The molecule has 0 bridgehead atoms. The van der Waals surface area contributed by atoms with E-state index in [2.05, 4.69) is 4.98 Å². The molecule has 6 nitrogen and oxygen atoms in total. The van der Waals surface area contributed by atoms with Gasteiger partial charge in [0, 0.05) is 18.2 Å². The Kier molecular flexibility index (Phi) is 3.42. The van der Waals surface area contributed by atoms with Crippen LogP contribution in [0.1, 0.15) is 23.2 Å². The summed E-state index contributed by atoms with van der Waals surface area (Å²) in [6, 6.07) is 2.28. The van der Waals surface area contributed by atoms with Crippen molar-refractivity contribution in [1.29, 1.82) is 5.26 Å². The van der Waals surface area contributed by atoms with Gasteiger partial charge >= 0.3 is 5.82 Å². The number of rotatable bonds is 3. The molecular weight excluding hydrogens is 222 g/mol. The van der Waals surface area contributed by atoms with Crippen LogP contribution in [0.25, 0.3) is 0 Å². The van der Waals surface area contributed by atoms with E-state index < -0.39 is 35.0 Å². The highest BCUT2D eigenvalue weighted by Crippen LogP contribution is 2.28. The Bertz CT molecular complexity index is 470. The number of halogens is 2. The fourth-order valence-corrected chi connectivity index (χ4v) is 1.19. The van der Waals surface area contributed by atoms with Crippen LogP contribution < -0.4 is 5.73 Å². The summed E-state index contributed by atoms with van der Waals surface area (Å²) in [6.07, 6.45) is -2.94. The van der Waals surface area contributed by atoms with Gasteiger partial charge in [-0.25, -0.2) is 8.78 Å². The van der Waals surface area contributed by atoms with Gasteiger partial charge < -0.3 is 15.8 Å². The Morgan fingerprint density at radius 1 is 1.69 bits per heavy atom. The van der Waals surface area contributed by atoms with E-state index in [1.54, 1.807) is 0 Å². The first-order chi connectivity index (χ1) is 7.51. The minimum absolute atomic E-state index is 0.348. The number of nitrogens with zero attached hydrogens (tertiary/aromatic N) is 3. The molecule has 1 heterocycles. The average molecular weight is 228 g/mol. The molecule has 0 atom stereocenters. The highest BCUT2D eigenvalue weighted by Gasteiger charge is 2.25. The highest BCUT2D eigenvalue weighted by atomic mass is 19.3. The van der Waals surface area contributed by atoms with Crippen molar-refractivity contribution >= 4 is 5.82 Å². The van der Waals surface area contributed by atoms with E-state index in [1.165, 1.54) is 6.07 Å². The number of pyridine rings is 1. The van der Waals surface area contributed by atoms with Crippen molar-refractivity contribution in [2.45, 2.75) is 13.0 Å². The molecule has 0 aliphatic carbocycles. The maximum absolute atomic E-state index is 12.6. The Balaban J connectivity index is 3.54. The third-order valence-corrected chi connectivity index (χ3v) is 1.86. The Morgan fingerprint density at radius 3 is 2.69 bits per heavy atom. The van der Waals surface area contributed by atoms with Crippen molar-refractivity contribution in [2.24, 2.45) is 5.73 Å². The van der Waals surface area contributed by atoms with E-state index in [4.69, 9.17) is 11.0 Å². The van der Waals surface area contributed by atoms with Gasteiger partial charge in [0.05, 0.1) is 5.56 Å². The molecule has 0 radical (unpaired) electrons. The quantitative estimate of drug-likeness (QED) is 0.619. The van der Waals surface area contributed by atoms with E-state index >= 15 is 0 Å². The van der Waals surface area contributed by atoms with Gasteiger partial charge in [-0.1, -0.05) is 0 Å². The van der Waals surface area contributed by atoms with Crippen LogP contribution in [-0.2, 0) is 6.54 Å². The molecule has 0 saturated carbocycles. The highest BCUT2D eigenvalue weighted by molar-refractivity contribution is 5.44. The number of hydrogen-bond acceptors (Lipinski definition) is 5. The lowest BCUT2D eigenvalue weighted by Gasteiger charge is -2.06. The molecule has 0 amide bonds. The molecule has 2 N–H and O–H groups in total. The topological polar surface area (TPSA) is 106 Å². The van der Waals surface area contributed by atoms with E-state index in [0.717, 1.165) is 6.07 Å². The van der Waals surface area contributed by atoms with E-state index in [-0.39, 0.29) is 5.56 Å². The zero-order valence-corrected chi connectivity index (χ0v) is 7.85. The lowest BCUT2D eigenvalue weighted by Crippen LogP contribution is -2.09. The zero-order chi connectivity index (χ0) is 12.3. The van der Waals surface area contributed by atoms with Crippen molar-refractivity contribution in [2.75, 3.05) is 0 Å². The molecule has 0 spiro atoms. The van der Waals surface area contributed by atoms with Crippen LogP contribution in [0.4, 0.5) is 14.6 Å². The molecule has 0 aliphatic heterocycles. The van der Waals surface area contributed by atoms with E-state index in [1.807, 2.05) is 0 Å². The number of nitriles is 1. The second-order valence-electron chi connectivity index (χ2n) is 2.77. The summed E-state index contributed by atoms with van der Waals surface area (Å²) in [5.41, 5.74) is 3.75. The molecule has 1 aromatic rings. The number of aromatic nitrogens is 1. The number of nitrogens with two attached hydrogens (primary N) is 1. The molecule has 0 aliphatic rings. The lowest BCUT2D eigenvalue weighted by molar-refractivity contribution is -0.390. The van der Waals surface area contributed by atoms with Gasteiger partial charge in [-0.15, -0.1) is 0 Å². The molecule has 16 heavy (non-hydrogen) atoms. The van der Waals surface area contributed by atoms with Crippen LogP contribution in [0, 0.1) is 21.4 Å². The third-order valence-electron chi connectivity index (χ3n) is 1.86. The van der Waals surface area contributed by atoms with Crippen LogP contribution in [0.2, 0.25) is 0 Å². The summed E-state index contributed by atoms with van der Waals surface area (Å²) >= 11 is 0. The van der Waals surface area contributed by atoms with E-state index in [0.29, 0.717) is 0 Å². The molecular formula is C8H6F2N4O2. The molecule has 1 aromatic heterocycles. The maximum Gasteiger partial charge on any atom is 0.369 e. The fourth-order valence-electron chi connectivity index (χ4n) is 1.19. The summed E-state index contributed by atoms with van der Waals surface area (Å²) in [6.45, 7) is -0.436. The fraction of sp³-hybridized carbons (Fsp3) is 0.250. The SMILES string of the molecule is N#Cc1cc(C(F)F)c(CN)c([N+](=O)[O-])n1. The third kappa shape index (κ3) is 2.09. The Morgan fingerprint density at radius 2 is 2.31 bits per heavy atom. The van der Waals surface area contributed by atoms with Gasteiger partial charge in [0.2, 0.25) is 0 Å². The largest absolute Gasteiger partial charge is 0.369 e. The molecule has 0 aromatic carbocycles. The first-order valence-corrected chi connectivity index (χ1v) is 4.07. The monoisotopic (exact) mass is 228 g/mol. The normalized spacial score (nSPS) is 10.2. The maximum atomic E-state index is 12.6. The van der Waals surface area contributed by atoms with Crippen molar-refractivity contribution in [1.82, 2.24) is 4.98 Å². The summed E-state index contributed by atoms with van der Waals surface area (Å²) in [4.78, 5) is 13.0. The Hall–Kier alpha value is -2.14. The summed E-state index contributed by atoms with van der Waals surface area (Å²) in [7, 11) is 0. The van der Waals surface area contributed by atoms with Crippen LogP contribution in [0.15, 0.2) is 6.07 Å². The smallest absolute Gasteiger partial charge is 0.358 e. The Labute approximate surface area is 88.5 Å². The molecule has 8 heteroatoms. The van der Waals surface area contributed by atoms with Gasteiger partial charge in [0.15, 0.2) is 0 Å². The van der Waals surface area contributed by atoms with Gasteiger partial charge in [-0.05, 0) is 9.91 Å².